The highest BCUT2D eigenvalue weighted by molar-refractivity contribution is 5.90. The van der Waals surface area contributed by atoms with Crippen LogP contribution in [0, 0.1) is 0 Å². The summed E-state index contributed by atoms with van der Waals surface area (Å²) in [5, 5.41) is 13.1. The zero-order chi connectivity index (χ0) is 25.6. The lowest BCUT2D eigenvalue weighted by Gasteiger charge is -2.25. The van der Waals surface area contributed by atoms with Gasteiger partial charge in [-0.15, -0.1) is 0 Å². The molecule has 36 heavy (non-hydrogen) atoms. The van der Waals surface area contributed by atoms with E-state index >= 15 is 0 Å². The van der Waals surface area contributed by atoms with E-state index in [0.29, 0.717) is 23.3 Å². The molecule has 0 aliphatic carbocycles. The van der Waals surface area contributed by atoms with Gasteiger partial charge in [-0.2, -0.15) is 0 Å². The van der Waals surface area contributed by atoms with Crippen molar-refractivity contribution in [1.82, 2.24) is 14.9 Å². The summed E-state index contributed by atoms with van der Waals surface area (Å²) in [7, 11) is 1.34. The Morgan fingerprint density at radius 3 is 2.81 bits per heavy atom. The summed E-state index contributed by atoms with van der Waals surface area (Å²) < 4.78 is 16.7. The summed E-state index contributed by atoms with van der Waals surface area (Å²) in [5.41, 5.74) is 3.67. The summed E-state index contributed by atoms with van der Waals surface area (Å²) in [5.74, 6) is -2.07. The van der Waals surface area contributed by atoms with Gasteiger partial charge in [-0.25, -0.2) is 9.78 Å². The molecule has 0 radical (unpaired) electrons. The molecule has 0 unspecified atom stereocenters. The largest absolute Gasteiger partial charge is 0.508 e. The van der Waals surface area contributed by atoms with Crippen LogP contribution in [0.2, 0.25) is 0 Å². The second-order valence-corrected chi connectivity index (χ2v) is 8.51. The third-order valence-electron chi connectivity index (χ3n) is 6.34. The van der Waals surface area contributed by atoms with E-state index in [9.17, 15) is 24.3 Å². The molecule has 2 aliphatic heterocycles. The number of cyclic esters (lactones) is 1. The molecule has 1 aromatic carbocycles. The quantitative estimate of drug-likeness (QED) is 0.377. The first-order valence-corrected chi connectivity index (χ1v) is 11.4. The van der Waals surface area contributed by atoms with Gasteiger partial charge in [0.05, 0.1) is 29.0 Å². The number of aryl methyl sites for hydroxylation is 1. The van der Waals surface area contributed by atoms with E-state index in [1.54, 1.807) is 28.8 Å². The average Bonchev–Trinajstić information content (AvgIpc) is 3.22. The molecule has 11 nitrogen and oxygen atoms in total. The second kappa shape index (κ2) is 9.08. The molecule has 3 aromatic rings. The minimum atomic E-state index is -1.45. The van der Waals surface area contributed by atoms with Crippen molar-refractivity contribution in [2.75, 3.05) is 20.3 Å². The van der Waals surface area contributed by atoms with Gasteiger partial charge < -0.3 is 29.2 Å². The number of hydrogen-bond acceptors (Lipinski definition) is 9. The Morgan fingerprint density at radius 2 is 2.06 bits per heavy atom. The standard InChI is InChI=1S/C25H23N3O8/c1-3-13-14-6-12(29)4-5-18(14)27-22-16(13)9-28-19(22)7-15-17(24(28)32)10-35-25(33)23(15)36-21(31)8-26-20(30)11-34-2/h4-7,23,29H,3,8-11H2,1-2H3,(H,26,30)/t23-/m0/s1. The molecule has 0 saturated heterocycles. The lowest BCUT2D eigenvalue weighted by molar-refractivity contribution is -0.171. The van der Waals surface area contributed by atoms with E-state index in [1.165, 1.54) is 7.11 Å². The minimum Gasteiger partial charge on any atom is -0.508 e. The Balaban J connectivity index is 1.56. The van der Waals surface area contributed by atoms with Crippen molar-refractivity contribution in [2.45, 2.75) is 32.6 Å². The summed E-state index contributed by atoms with van der Waals surface area (Å²) in [6.45, 7) is 1.32. The summed E-state index contributed by atoms with van der Waals surface area (Å²) >= 11 is 0. The summed E-state index contributed by atoms with van der Waals surface area (Å²) in [4.78, 5) is 54.6. The van der Waals surface area contributed by atoms with Gasteiger partial charge in [0.25, 0.3) is 5.56 Å². The van der Waals surface area contributed by atoms with Crippen LogP contribution in [0.1, 0.15) is 35.3 Å². The summed E-state index contributed by atoms with van der Waals surface area (Å²) in [6.07, 6.45) is -0.796. The number of rotatable bonds is 6. The van der Waals surface area contributed by atoms with E-state index in [0.717, 1.165) is 16.5 Å². The Bertz CT molecular complexity index is 1490. The number of phenols is 1. The molecule has 0 spiro atoms. The van der Waals surface area contributed by atoms with Crippen molar-refractivity contribution in [1.29, 1.82) is 0 Å². The van der Waals surface area contributed by atoms with Crippen molar-refractivity contribution in [2.24, 2.45) is 0 Å². The first-order valence-electron chi connectivity index (χ1n) is 11.4. The molecule has 1 amide bonds. The first-order chi connectivity index (χ1) is 17.3. The van der Waals surface area contributed by atoms with Crippen molar-refractivity contribution < 1.29 is 33.7 Å². The van der Waals surface area contributed by atoms with Crippen LogP contribution in [0.25, 0.3) is 22.3 Å². The highest BCUT2D eigenvalue weighted by Crippen LogP contribution is 2.39. The Morgan fingerprint density at radius 1 is 1.25 bits per heavy atom. The van der Waals surface area contributed by atoms with E-state index in [-0.39, 0.29) is 42.2 Å². The number of fused-ring (bicyclic) bond motifs is 5. The monoisotopic (exact) mass is 493 g/mol. The predicted molar refractivity (Wildman–Crippen MR) is 125 cm³/mol. The number of aromatic hydroxyl groups is 1. The van der Waals surface area contributed by atoms with Crippen LogP contribution in [0.4, 0.5) is 0 Å². The fourth-order valence-corrected chi connectivity index (χ4v) is 4.72. The topological polar surface area (TPSA) is 146 Å². The number of esters is 2. The number of amides is 1. The number of nitrogens with one attached hydrogen (secondary N) is 1. The molecule has 2 aliphatic rings. The number of methoxy groups -OCH3 is 1. The number of hydrogen-bond donors (Lipinski definition) is 2. The van der Waals surface area contributed by atoms with Gasteiger partial charge in [-0.1, -0.05) is 6.92 Å². The fourth-order valence-electron chi connectivity index (χ4n) is 4.72. The second-order valence-electron chi connectivity index (χ2n) is 8.51. The SMILES string of the molecule is CCc1c2c(nc3ccc(O)cc13)-c1cc3c(c(=O)n1C2)COC(=O)[C@H]3OC(=O)CNC(=O)COC. The van der Waals surface area contributed by atoms with Gasteiger partial charge in [-0.3, -0.25) is 14.4 Å². The number of carbonyl (C=O) groups is 3. The number of pyridine rings is 2. The lowest BCUT2D eigenvalue weighted by Crippen LogP contribution is -2.37. The van der Waals surface area contributed by atoms with Crippen LogP contribution in [0.15, 0.2) is 29.1 Å². The number of aromatic nitrogens is 2. The smallest absolute Gasteiger partial charge is 0.352 e. The Hall–Kier alpha value is -4.25. The van der Waals surface area contributed by atoms with Crippen LogP contribution in [-0.2, 0) is 48.2 Å². The Labute approximate surface area is 204 Å². The predicted octanol–water partition coefficient (Wildman–Crippen LogP) is 1.10. The van der Waals surface area contributed by atoms with Gasteiger partial charge in [0, 0.05) is 23.6 Å². The highest BCUT2D eigenvalue weighted by atomic mass is 16.6. The van der Waals surface area contributed by atoms with Crippen molar-refractivity contribution in [3.8, 4) is 17.1 Å². The first kappa shape index (κ1) is 23.5. The third-order valence-corrected chi connectivity index (χ3v) is 6.34. The van der Waals surface area contributed by atoms with E-state index in [2.05, 4.69) is 10.1 Å². The maximum atomic E-state index is 13.4. The zero-order valence-corrected chi connectivity index (χ0v) is 19.6. The molecule has 2 N–H and O–H groups in total. The van der Waals surface area contributed by atoms with Crippen LogP contribution >= 0.6 is 0 Å². The number of phenolic OH excluding ortho intramolecular Hbond substituents is 1. The van der Waals surface area contributed by atoms with Crippen LogP contribution in [0.5, 0.6) is 5.75 Å². The number of benzene rings is 1. The Kier molecular flexibility index (Phi) is 5.92. The molecule has 0 fully saturated rings. The molecule has 11 heteroatoms. The van der Waals surface area contributed by atoms with Gasteiger partial charge in [0.1, 0.15) is 25.5 Å². The maximum absolute atomic E-state index is 13.4. The van der Waals surface area contributed by atoms with Crippen molar-refractivity contribution >= 4 is 28.7 Å². The fraction of sp³-hybridized carbons (Fsp3) is 0.320. The van der Waals surface area contributed by atoms with Crippen LogP contribution in [0.3, 0.4) is 0 Å². The van der Waals surface area contributed by atoms with Crippen LogP contribution < -0.4 is 10.9 Å². The lowest BCUT2D eigenvalue weighted by atomic mass is 9.97. The van der Waals surface area contributed by atoms with Crippen molar-refractivity contribution in [3.05, 3.63) is 56.9 Å². The van der Waals surface area contributed by atoms with Crippen LogP contribution in [-0.4, -0.2) is 52.8 Å². The molecule has 0 bridgehead atoms. The molecule has 1 atom stereocenters. The molecule has 186 valence electrons. The normalized spacial score (nSPS) is 15.6. The highest BCUT2D eigenvalue weighted by Gasteiger charge is 2.38. The number of carbonyl (C=O) groups excluding carboxylic acids is 3. The van der Waals surface area contributed by atoms with Gasteiger partial charge in [0.15, 0.2) is 0 Å². The maximum Gasteiger partial charge on any atom is 0.352 e. The van der Waals surface area contributed by atoms with E-state index < -0.39 is 30.5 Å². The molecular weight excluding hydrogens is 470 g/mol. The zero-order valence-electron chi connectivity index (χ0n) is 19.6. The van der Waals surface area contributed by atoms with E-state index in [1.807, 2.05) is 6.92 Å². The third kappa shape index (κ3) is 3.87. The van der Waals surface area contributed by atoms with Gasteiger partial charge in [0.2, 0.25) is 12.0 Å². The molecule has 4 heterocycles. The van der Waals surface area contributed by atoms with Gasteiger partial charge >= 0.3 is 11.9 Å². The van der Waals surface area contributed by atoms with E-state index in [4.69, 9.17) is 14.5 Å². The molecular formula is C25H23N3O8. The molecule has 5 rings (SSSR count). The number of nitrogens with zero attached hydrogens (tertiary/aromatic N) is 2. The van der Waals surface area contributed by atoms with Crippen molar-refractivity contribution in [3.63, 3.8) is 0 Å². The summed E-state index contributed by atoms with van der Waals surface area (Å²) in [6, 6.07) is 6.56. The molecule has 2 aromatic heterocycles. The molecule has 0 saturated carbocycles. The minimum absolute atomic E-state index is 0.126. The number of ether oxygens (including phenoxy) is 3. The van der Waals surface area contributed by atoms with Gasteiger partial charge in [-0.05, 0) is 36.2 Å². The average molecular weight is 493 g/mol.